The van der Waals surface area contributed by atoms with Gasteiger partial charge in [-0.15, -0.1) is 0 Å². The summed E-state index contributed by atoms with van der Waals surface area (Å²) in [5, 5.41) is 3.74. The minimum Gasteiger partial charge on any atom is -0.371 e. The smallest absolute Gasteiger partial charge is 0.270 e. The molecule has 3 heterocycles. The van der Waals surface area contributed by atoms with Gasteiger partial charge in [-0.25, -0.2) is 9.37 Å². The summed E-state index contributed by atoms with van der Waals surface area (Å²) in [5.41, 5.74) is 5.00. The van der Waals surface area contributed by atoms with Gasteiger partial charge in [0.25, 0.3) is 5.91 Å². The number of hydrogen-bond acceptors (Lipinski definition) is 3. The highest BCUT2D eigenvalue weighted by Crippen LogP contribution is 2.31. The molecule has 0 saturated carbocycles. The van der Waals surface area contributed by atoms with Gasteiger partial charge in [-0.2, -0.15) is 0 Å². The van der Waals surface area contributed by atoms with E-state index in [4.69, 9.17) is 11.6 Å². The van der Waals surface area contributed by atoms with Crippen LogP contribution >= 0.6 is 11.6 Å². The lowest BCUT2D eigenvalue weighted by Crippen LogP contribution is -2.32. The maximum atomic E-state index is 13.5. The molecule has 174 valence electrons. The number of imidazole rings is 1. The number of rotatable bonds is 5. The lowest BCUT2D eigenvalue weighted by Gasteiger charge is -2.34. The fraction of sp³-hybridized carbons (Fsp3) is 0.259. The third kappa shape index (κ3) is 4.64. The van der Waals surface area contributed by atoms with Crippen LogP contribution in [0.15, 0.2) is 66.9 Å². The Labute approximate surface area is 203 Å². The monoisotopic (exact) mass is 476 g/mol. The van der Waals surface area contributed by atoms with Gasteiger partial charge in [0.15, 0.2) is 0 Å². The zero-order chi connectivity index (χ0) is 23.7. The second kappa shape index (κ2) is 9.47. The molecular weight excluding hydrogens is 451 g/mol. The van der Waals surface area contributed by atoms with Crippen LogP contribution in [-0.2, 0) is 6.54 Å². The fourth-order valence-electron chi connectivity index (χ4n) is 4.71. The van der Waals surface area contributed by atoms with Gasteiger partial charge in [0.05, 0.1) is 5.69 Å². The number of pyridine rings is 1. The average Bonchev–Trinajstić information content (AvgIpc) is 3.18. The minimum absolute atomic E-state index is 0.232. The molecule has 0 spiro atoms. The second-order valence-electron chi connectivity index (χ2n) is 8.78. The van der Waals surface area contributed by atoms with Gasteiger partial charge in [-0.05, 0) is 67.1 Å². The first-order valence-electron chi connectivity index (χ1n) is 11.5. The Hall–Kier alpha value is -3.38. The number of hydrogen-bond donors (Lipinski definition) is 1. The Morgan fingerprint density at radius 3 is 2.50 bits per heavy atom. The number of benzene rings is 2. The van der Waals surface area contributed by atoms with E-state index in [1.54, 1.807) is 11.3 Å². The molecule has 0 unspecified atom stereocenters. The van der Waals surface area contributed by atoms with Crippen LogP contribution in [0.2, 0.25) is 5.02 Å². The molecule has 4 aromatic rings. The van der Waals surface area contributed by atoms with Crippen LogP contribution in [0.4, 0.5) is 10.1 Å². The number of anilines is 1. The van der Waals surface area contributed by atoms with E-state index in [1.165, 1.54) is 29.6 Å². The summed E-state index contributed by atoms with van der Waals surface area (Å²) in [6.45, 7) is 4.19. The number of aromatic nitrogens is 2. The Morgan fingerprint density at radius 1 is 1.09 bits per heavy atom. The van der Waals surface area contributed by atoms with Gasteiger partial charge < -0.3 is 10.2 Å². The van der Waals surface area contributed by atoms with Crippen molar-refractivity contribution in [3.05, 3.63) is 100 Å². The predicted octanol–water partition coefficient (Wildman–Crippen LogP) is 5.75. The van der Waals surface area contributed by atoms with E-state index in [0.29, 0.717) is 29.5 Å². The zero-order valence-corrected chi connectivity index (χ0v) is 19.7. The summed E-state index contributed by atoms with van der Waals surface area (Å²) in [4.78, 5) is 19.5. The van der Waals surface area contributed by atoms with Crippen LogP contribution in [0.5, 0.6) is 0 Å². The number of aryl methyl sites for hydroxylation is 1. The van der Waals surface area contributed by atoms with Crippen molar-refractivity contribution in [2.45, 2.75) is 32.2 Å². The predicted molar refractivity (Wildman–Crippen MR) is 133 cm³/mol. The van der Waals surface area contributed by atoms with Crippen LogP contribution in [0.25, 0.3) is 5.65 Å². The van der Waals surface area contributed by atoms with Crippen LogP contribution in [0.3, 0.4) is 0 Å². The Kier molecular flexibility index (Phi) is 6.24. The van der Waals surface area contributed by atoms with E-state index in [1.807, 2.05) is 12.1 Å². The number of nitrogens with one attached hydrogen (secondary N) is 1. The second-order valence-corrected chi connectivity index (χ2v) is 9.22. The SMILES string of the molecule is Cc1nc2cc(F)ccn2c1C(=O)NCc1ccc(N2CCC(c3ccc(Cl)cc3)CC2)cc1. The molecule has 1 aliphatic heterocycles. The van der Waals surface area contributed by atoms with Crippen molar-refractivity contribution >= 4 is 28.8 Å². The van der Waals surface area contributed by atoms with E-state index in [0.717, 1.165) is 36.5 Å². The molecule has 5 nitrogen and oxygen atoms in total. The van der Waals surface area contributed by atoms with Crippen molar-refractivity contribution in [2.75, 3.05) is 18.0 Å². The molecule has 1 saturated heterocycles. The molecule has 2 aromatic heterocycles. The molecular formula is C27H26ClFN4O. The Bertz CT molecular complexity index is 1310. The lowest BCUT2D eigenvalue weighted by atomic mass is 9.89. The molecule has 0 radical (unpaired) electrons. The number of fused-ring (bicyclic) bond motifs is 1. The summed E-state index contributed by atoms with van der Waals surface area (Å²) >= 11 is 6.02. The number of carbonyl (C=O) groups is 1. The van der Waals surface area contributed by atoms with Gasteiger partial charge in [0, 0.05) is 42.6 Å². The summed E-state index contributed by atoms with van der Waals surface area (Å²) < 4.78 is 15.1. The van der Waals surface area contributed by atoms with Gasteiger partial charge in [-0.1, -0.05) is 35.9 Å². The quantitative estimate of drug-likeness (QED) is 0.399. The largest absolute Gasteiger partial charge is 0.371 e. The summed E-state index contributed by atoms with van der Waals surface area (Å²) in [7, 11) is 0. The van der Waals surface area contributed by atoms with E-state index >= 15 is 0 Å². The number of piperidine rings is 1. The molecule has 1 amide bonds. The highest BCUT2D eigenvalue weighted by atomic mass is 35.5. The van der Waals surface area contributed by atoms with E-state index in [2.05, 4.69) is 51.6 Å². The standard InChI is InChI=1S/C27H26ClFN4O/c1-18-26(33-15-12-23(29)16-25(33)31-18)27(34)30-17-19-2-8-24(9-3-19)32-13-10-21(11-14-32)20-4-6-22(28)7-5-20/h2-9,12,15-16,21H,10-11,13-14,17H2,1H3,(H,30,34). The van der Waals surface area contributed by atoms with Gasteiger partial charge in [0.2, 0.25) is 0 Å². The van der Waals surface area contributed by atoms with Gasteiger partial charge in [-0.3, -0.25) is 9.20 Å². The molecule has 1 fully saturated rings. The number of nitrogens with zero attached hydrogens (tertiary/aromatic N) is 3. The Morgan fingerprint density at radius 2 is 1.79 bits per heavy atom. The Balaban J connectivity index is 1.18. The van der Waals surface area contributed by atoms with Crippen LogP contribution < -0.4 is 10.2 Å². The summed E-state index contributed by atoms with van der Waals surface area (Å²) in [5.74, 6) is -0.0358. The highest BCUT2D eigenvalue weighted by Gasteiger charge is 2.21. The molecule has 0 aliphatic carbocycles. The molecule has 34 heavy (non-hydrogen) atoms. The van der Waals surface area contributed by atoms with E-state index in [9.17, 15) is 9.18 Å². The van der Waals surface area contributed by atoms with Crippen molar-refractivity contribution in [2.24, 2.45) is 0 Å². The van der Waals surface area contributed by atoms with Crippen molar-refractivity contribution < 1.29 is 9.18 Å². The molecule has 0 bridgehead atoms. The highest BCUT2D eigenvalue weighted by molar-refractivity contribution is 6.30. The number of carbonyl (C=O) groups excluding carboxylic acids is 1. The summed E-state index contributed by atoms with van der Waals surface area (Å²) in [6, 6.07) is 19.2. The van der Waals surface area contributed by atoms with E-state index < -0.39 is 0 Å². The first kappa shape index (κ1) is 22.4. The first-order chi connectivity index (χ1) is 16.5. The topological polar surface area (TPSA) is 49.6 Å². The third-order valence-electron chi connectivity index (χ3n) is 6.57. The average molecular weight is 477 g/mol. The maximum absolute atomic E-state index is 13.5. The first-order valence-corrected chi connectivity index (χ1v) is 11.9. The van der Waals surface area contributed by atoms with Crippen molar-refractivity contribution in [1.29, 1.82) is 0 Å². The number of halogens is 2. The van der Waals surface area contributed by atoms with E-state index in [-0.39, 0.29) is 11.7 Å². The molecule has 2 aromatic carbocycles. The third-order valence-corrected chi connectivity index (χ3v) is 6.82. The van der Waals surface area contributed by atoms with Crippen molar-refractivity contribution in [1.82, 2.24) is 14.7 Å². The van der Waals surface area contributed by atoms with Crippen LogP contribution in [0.1, 0.15) is 46.1 Å². The molecule has 5 rings (SSSR count). The van der Waals surface area contributed by atoms with Crippen LogP contribution in [0, 0.1) is 12.7 Å². The molecule has 0 atom stereocenters. The minimum atomic E-state index is -0.376. The van der Waals surface area contributed by atoms with Crippen molar-refractivity contribution in [3.63, 3.8) is 0 Å². The molecule has 1 aliphatic rings. The van der Waals surface area contributed by atoms with Gasteiger partial charge >= 0.3 is 0 Å². The summed E-state index contributed by atoms with van der Waals surface area (Å²) in [6.07, 6.45) is 3.76. The lowest BCUT2D eigenvalue weighted by molar-refractivity contribution is 0.0944. The van der Waals surface area contributed by atoms with Gasteiger partial charge in [0.1, 0.15) is 17.2 Å². The maximum Gasteiger partial charge on any atom is 0.270 e. The van der Waals surface area contributed by atoms with Crippen molar-refractivity contribution in [3.8, 4) is 0 Å². The normalized spacial score (nSPS) is 14.5. The fourth-order valence-corrected chi connectivity index (χ4v) is 4.83. The molecule has 7 heteroatoms. The van der Waals surface area contributed by atoms with Crippen LogP contribution in [-0.4, -0.2) is 28.4 Å². The zero-order valence-electron chi connectivity index (χ0n) is 19.0. The molecule has 1 N–H and O–H groups in total. The number of amides is 1.